The summed E-state index contributed by atoms with van der Waals surface area (Å²) in [6.45, 7) is 1.16. The van der Waals surface area contributed by atoms with E-state index >= 15 is 0 Å². The summed E-state index contributed by atoms with van der Waals surface area (Å²) in [5.41, 5.74) is 2.56. The number of aromatic nitrogens is 5. The van der Waals surface area contributed by atoms with Gasteiger partial charge in [-0.15, -0.1) is 15.3 Å². The first-order chi connectivity index (χ1) is 13.4. The lowest BCUT2D eigenvalue weighted by atomic mass is 10.3. The van der Waals surface area contributed by atoms with Crippen LogP contribution in [0.25, 0.3) is 5.65 Å². The first kappa shape index (κ1) is 15.8. The van der Waals surface area contributed by atoms with E-state index in [1.807, 2.05) is 40.9 Å². The SMILES string of the molecule is c1ccc(CNc2cc(NCc3ccco3)nn3c(C4CC4)nnc23)nc1. The highest BCUT2D eigenvalue weighted by Crippen LogP contribution is 2.39. The minimum absolute atomic E-state index is 0.455. The molecule has 4 heterocycles. The van der Waals surface area contributed by atoms with Gasteiger partial charge in [0, 0.05) is 18.2 Å². The highest BCUT2D eigenvalue weighted by Gasteiger charge is 2.30. The molecule has 4 aromatic rings. The maximum atomic E-state index is 5.39. The zero-order valence-electron chi connectivity index (χ0n) is 14.7. The van der Waals surface area contributed by atoms with E-state index in [-0.39, 0.29) is 0 Å². The normalized spacial score (nSPS) is 13.8. The Kier molecular flexibility index (Phi) is 3.93. The molecule has 2 N–H and O–H groups in total. The molecule has 1 aliphatic carbocycles. The number of hydrogen-bond donors (Lipinski definition) is 2. The van der Waals surface area contributed by atoms with Crippen molar-refractivity contribution < 1.29 is 4.42 Å². The molecule has 0 radical (unpaired) electrons. The van der Waals surface area contributed by atoms with Gasteiger partial charge in [0.1, 0.15) is 11.6 Å². The van der Waals surface area contributed by atoms with Gasteiger partial charge in [0.05, 0.1) is 30.7 Å². The Morgan fingerprint density at radius 1 is 1.07 bits per heavy atom. The van der Waals surface area contributed by atoms with E-state index in [2.05, 4.69) is 25.8 Å². The second-order valence-electron chi connectivity index (χ2n) is 6.62. The number of fused-ring (bicyclic) bond motifs is 1. The van der Waals surface area contributed by atoms with Gasteiger partial charge in [-0.3, -0.25) is 4.98 Å². The van der Waals surface area contributed by atoms with E-state index in [0.717, 1.165) is 47.3 Å². The molecule has 5 rings (SSSR count). The van der Waals surface area contributed by atoms with Gasteiger partial charge in [-0.05, 0) is 37.1 Å². The van der Waals surface area contributed by atoms with Crippen LogP contribution in [-0.4, -0.2) is 24.8 Å². The van der Waals surface area contributed by atoms with Gasteiger partial charge in [0.15, 0.2) is 5.82 Å². The molecular formula is C19H19N7O. The van der Waals surface area contributed by atoms with Crippen LogP contribution in [0.5, 0.6) is 0 Å². The van der Waals surface area contributed by atoms with E-state index in [1.54, 1.807) is 12.5 Å². The summed E-state index contributed by atoms with van der Waals surface area (Å²) in [4.78, 5) is 4.36. The van der Waals surface area contributed by atoms with Crippen LogP contribution < -0.4 is 10.6 Å². The van der Waals surface area contributed by atoms with Crippen molar-refractivity contribution >= 4 is 17.2 Å². The minimum atomic E-state index is 0.455. The zero-order valence-corrected chi connectivity index (χ0v) is 14.7. The number of anilines is 2. The Hall–Kier alpha value is -3.42. The Morgan fingerprint density at radius 2 is 2.04 bits per heavy atom. The average Bonchev–Trinajstić information content (AvgIpc) is 3.24. The summed E-state index contributed by atoms with van der Waals surface area (Å²) in [5, 5.41) is 20.2. The van der Waals surface area contributed by atoms with Crippen LogP contribution in [0, 0.1) is 0 Å². The summed E-state index contributed by atoms with van der Waals surface area (Å²) in [5.74, 6) is 2.97. The fraction of sp³-hybridized carbons (Fsp3) is 0.263. The first-order valence-corrected chi connectivity index (χ1v) is 9.03. The predicted octanol–water partition coefficient (Wildman–Crippen LogP) is 3.21. The number of pyridine rings is 1. The molecule has 0 atom stereocenters. The molecule has 0 aliphatic heterocycles. The topological polar surface area (TPSA) is 93.2 Å². The maximum absolute atomic E-state index is 5.39. The number of rotatable bonds is 7. The van der Waals surface area contributed by atoms with Crippen LogP contribution in [0.2, 0.25) is 0 Å². The van der Waals surface area contributed by atoms with E-state index in [0.29, 0.717) is 19.0 Å². The summed E-state index contributed by atoms with van der Waals surface area (Å²) in [6, 6.07) is 11.6. The molecule has 0 bridgehead atoms. The molecule has 1 fully saturated rings. The minimum Gasteiger partial charge on any atom is -0.467 e. The lowest BCUT2D eigenvalue weighted by Gasteiger charge is -2.11. The number of nitrogens with zero attached hydrogens (tertiary/aromatic N) is 5. The van der Waals surface area contributed by atoms with Crippen LogP contribution in [0.15, 0.2) is 53.3 Å². The lowest BCUT2D eigenvalue weighted by Crippen LogP contribution is -2.09. The van der Waals surface area contributed by atoms with Crippen LogP contribution in [-0.2, 0) is 13.1 Å². The third-order valence-corrected chi connectivity index (χ3v) is 4.55. The monoisotopic (exact) mass is 361 g/mol. The molecular weight excluding hydrogens is 342 g/mol. The van der Waals surface area contributed by atoms with E-state index in [9.17, 15) is 0 Å². The van der Waals surface area contributed by atoms with E-state index < -0.39 is 0 Å². The van der Waals surface area contributed by atoms with Gasteiger partial charge in [0.2, 0.25) is 5.65 Å². The molecule has 8 nitrogen and oxygen atoms in total. The van der Waals surface area contributed by atoms with Crippen LogP contribution in [0.3, 0.4) is 0 Å². The molecule has 0 saturated heterocycles. The number of hydrogen-bond acceptors (Lipinski definition) is 7. The van der Waals surface area contributed by atoms with Crippen molar-refractivity contribution in [2.75, 3.05) is 10.6 Å². The molecule has 1 aliphatic rings. The molecule has 1 saturated carbocycles. The second kappa shape index (κ2) is 6.71. The van der Waals surface area contributed by atoms with Crippen molar-refractivity contribution in [3.8, 4) is 0 Å². The largest absolute Gasteiger partial charge is 0.467 e. The van der Waals surface area contributed by atoms with Crippen molar-refractivity contribution in [1.29, 1.82) is 0 Å². The fourth-order valence-electron chi connectivity index (χ4n) is 2.99. The van der Waals surface area contributed by atoms with Crippen molar-refractivity contribution in [2.24, 2.45) is 0 Å². The van der Waals surface area contributed by atoms with Gasteiger partial charge in [-0.2, -0.15) is 4.52 Å². The molecule has 4 aromatic heterocycles. The average molecular weight is 361 g/mol. The fourth-order valence-corrected chi connectivity index (χ4v) is 2.99. The smallest absolute Gasteiger partial charge is 0.201 e. The lowest BCUT2D eigenvalue weighted by molar-refractivity contribution is 0.517. The summed E-state index contributed by atoms with van der Waals surface area (Å²) >= 11 is 0. The van der Waals surface area contributed by atoms with E-state index in [1.165, 1.54) is 0 Å². The predicted molar refractivity (Wildman–Crippen MR) is 100 cm³/mol. The third kappa shape index (κ3) is 3.33. The van der Waals surface area contributed by atoms with Crippen LogP contribution in [0.4, 0.5) is 11.5 Å². The molecule has 0 unspecified atom stereocenters. The molecule has 8 heteroatoms. The van der Waals surface area contributed by atoms with Crippen LogP contribution in [0.1, 0.15) is 36.0 Å². The van der Waals surface area contributed by atoms with Gasteiger partial charge >= 0.3 is 0 Å². The molecule has 0 spiro atoms. The molecule has 0 amide bonds. The third-order valence-electron chi connectivity index (χ3n) is 4.55. The Morgan fingerprint density at radius 3 is 2.81 bits per heavy atom. The number of nitrogens with one attached hydrogen (secondary N) is 2. The Balaban J connectivity index is 1.45. The van der Waals surface area contributed by atoms with Crippen molar-refractivity contribution in [3.05, 3.63) is 66.1 Å². The first-order valence-electron chi connectivity index (χ1n) is 9.03. The molecule has 0 aromatic carbocycles. The Bertz CT molecular complexity index is 1040. The Labute approximate surface area is 155 Å². The van der Waals surface area contributed by atoms with Gasteiger partial charge in [0.25, 0.3) is 0 Å². The standard InChI is InChI=1S/C19H19N7O/c1-2-8-20-14(4-1)11-21-16-10-17(22-12-15-5-3-9-27-15)25-26-18(13-6-7-13)23-24-19(16)26/h1-5,8-10,13,21H,6-7,11-12H2,(H,22,25). The van der Waals surface area contributed by atoms with Crippen molar-refractivity contribution in [1.82, 2.24) is 24.8 Å². The maximum Gasteiger partial charge on any atom is 0.201 e. The second-order valence-corrected chi connectivity index (χ2v) is 6.62. The quantitative estimate of drug-likeness (QED) is 0.522. The van der Waals surface area contributed by atoms with Gasteiger partial charge in [-0.25, -0.2) is 0 Å². The summed E-state index contributed by atoms with van der Waals surface area (Å²) < 4.78 is 7.24. The van der Waals surface area contributed by atoms with Crippen molar-refractivity contribution in [3.63, 3.8) is 0 Å². The summed E-state index contributed by atoms with van der Waals surface area (Å²) in [7, 11) is 0. The number of furan rings is 1. The van der Waals surface area contributed by atoms with E-state index in [4.69, 9.17) is 9.52 Å². The van der Waals surface area contributed by atoms with Gasteiger partial charge in [-0.1, -0.05) is 6.07 Å². The zero-order chi connectivity index (χ0) is 18.1. The van der Waals surface area contributed by atoms with Crippen molar-refractivity contribution in [2.45, 2.75) is 31.8 Å². The highest BCUT2D eigenvalue weighted by molar-refractivity contribution is 5.70. The molecule has 27 heavy (non-hydrogen) atoms. The summed E-state index contributed by atoms with van der Waals surface area (Å²) in [6.07, 6.45) is 5.74. The van der Waals surface area contributed by atoms with Gasteiger partial charge < -0.3 is 15.1 Å². The molecule has 136 valence electrons. The highest BCUT2D eigenvalue weighted by atomic mass is 16.3. The van der Waals surface area contributed by atoms with Crippen LogP contribution >= 0.6 is 0 Å².